The molecule has 1 unspecified atom stereocenters. The molecule has 2 fully saturated rings. The van der Waals surface area contributed by atoms with Gasteiger partial charge in [-0.05, 0) is 25.5 Å². The number of anilines is 1. The zero-order chi connectivity index (χ0) is 22.3. The Labute approximate surface area is 183 Å². The summed E-state index contributed by atoms with van der Waals surface area (Å²) in [5.41, 5.74) is 1.76. The Morgan fingerprint density at radius 2 is 1.87 bits per heavy atom. The number of amides is 1. The van der Waals surface area contributed by atoms with Crippen molar-refractivity contribution in [3.63, 3.8) is 0 Å². The molecule has 168 valence electrons. The highest BCUT2D eigenvalue weighted by Gasteiger charge is 2.61. The van der Waals surface area contributed by atoms with Crippen LogP contribution in [0.15, 0.2) is 53.8 Å². The van der Waals surface area contributed by atoms with Crippen LogP contribution in [0.4, 0.5) is 5.69 Å². The summed E-state index contributed by atoms with van der Waals surface area (Å²) in [5.74, 6) is -1.97. The standard InChI is InChI=1S/C22H28N2O6S/c1-4-23(12-13-28-3)31(26,27)21(2)11-10-19-18(16-21)22(29-14-15-30-22)20(25)24(19)17-8-6-5-7-9-17/h5-10,16H,4,11-15H2,1-3H3. The second kappa shape index (κ2) is 8.14. The highest BCUT2D eigenvalue weighted by atomic mass is 32.2. The van der Waals surface area contributed by atoms with E-state index in [1.807, 2.05) is 36.4 Å². The normalized spacial score (nSPS) is 25.2. The number of fused-ring (bicyclic) bond motifs is 2. The van der Waals surface area contributed by atoms with Gasteiger partial charge in [0.15, 0.2) is 0 Å². The van der Waals surface area contributed by atoms with Crippen molar-refractivity contribution >= 4 is 21.6 Å². The molecule has 3 aliphatic rings. The highest BCUT2D eigenvalue weighted by molar-refractivity contribution is 7.90. The molecule has 9 heteroatoms. The molecule has 4 rings (SSSR count). The molecule has 0 saturated carbocycles. The number of sulfonamides is 1. The van der Waals surface area contributed by atoms with Gasteiger partial charge in [0, 0.05) is 31.5 Å². The first kappa shape index (κ1) is 22.2. The van der Waals surface area contributed by atoms with Gasteiger partial charge in [-0.15, -0.1) is 0 Å². The quantitative estimate of drug-likeness (QED) is 0.635. The van der Waals surface area contributed by atoms with Gasteiger partial charge in [-0.1, -0.05) is 37.3 Å². The molecule has 1 aromatic rings. The Balaban J connectivity index is 1.80. The molecule has 31 heavy (non-hydrogen) atoms. The summed E-state index contributed by atoms with van der Waals surface area (Å²) in [4.78, 5) is 15.1. The van der Waals surface area contributed by atoms with E-state index in [0.717, 1.165) is 0 Å². The van der Waals surface area contributed by atoms with Gasteiger partial charge in [0.05, 0.1) is 25.5 Å². The molecule has 0 N–H and O–H groups in total. The maximum absolute atomic E-state index is 13.6. The molecule has 0 aromatic heterocycles. The second-order valence-electron chi connectivity index (χ2n) is 7.94. The Bertz CT molecular complexity index is 1010. The van der Waals surface area contributed by atoms with Gasteiger partial charge >= 0.3 is 0 Å². The number of methoxy groups -OCH3 is 1. The van der Waals surface area contributed by atoms with Gasteiger partial charge in [0.25, 0.3) is 11.7 Å². The third kappa shape index (κ3) is 3.35. The van der Waals surface area contributed by atoms with Crippen LogP contribution in [0.5, 0.6) is 0 Å². The lowest BCUT2D eigenvalue weighted by Crippen LogP contribution is -2.48. The predicted octanol–water partition coefficient (Wildman–Crippen LogP) is 2.05. The lowest BCUT2D eigenvalue weighted by molar-refractivity contribution is -0.161. The fourth-order valence-electron chi connectivity index (χ4n) is 4.34. The minimum absolute atomic E-state index is 0.227. The van der Waals surface area contributed by atoms with Crippen molar-refractivity contribution < 1.29 is 27.4 Å². The fourth-order valence-corrected chi connectivity index (χ4v) is 6.14. The van der Waals surface area contributed by atoms with E-state index in [9.17, 15) is 13.2 Å². The lowest BCUT2D eigenvalue weighted by Gasteiger charge is -2.35. The number of hydrogen-bond acceptors (Lipinski definition) is 6. The third-order valence-electron chi connectivity index (χ3n) is 6.04. The monoisotopic (exact) mass is 448 g/mol. The topological polar surface area (TPSA) is 85.4 Å². The van der Waals surface area contributed by atoms with Gasteiger partial charge in [0.1, 0.15) is 4.75 Å². The Kier molecular flexibility index (Phi) is 5.82. The number of benzene rings is 1. The van der Waals surface area contributed by atoms with E-state index < -0.39 is 20.6 Å². The average Bonchev–Trinajstić information content (AvgIpc) is 3.34. The summed E-state index contributed by atoms with van der Waals surface area (Å²) in [6.07, 6.45) is 3.69. The number of nitrogens with zero attached hydrogens (tertiary/aromatic N) is 2. The molecule has 8 nitrogen and oxygen atoms in total. The molecule has 0 bridgehead atoms. The summed E-state index contributed by atoms with van der Waals surface area (Å²) in [5, 5.41) is 0. The summed E-state index contributed by atoms with van der Waals surface area (Å²) in [6, 6.07) is 9.23. The molecular weight excluding hydrogens is 420 g/mol. The number of rotatable bonds is 7. The molecule has 2 saturated heterocycles. The van der Waals surface area contributed by atoms with Gasteiger partial charge in [-0.2, -0.15) is 4.31 Å². The third-order valence-corrected chi connectivity index (χ3v) is 8.63. The van der Waals surface area contributed by atoms with E-state index >= 15 is 0 Å². The van der Waals surface area contributed by atoms with Crippen LogP contribution in [0.2, 0.25) is 0 Å². The van der Waals surface area contributed by atoms with Crippen LogP contribution >= 0.6 is 0 Å². The maximum atomic E-state index is 13.6. The van der Waals surface area contributed by atoms with Crippen LogP contribution in [0.25, 0.3) is 0 Å². The van der Waals surface area contributed by atoms with Gasteiger partial charge in [0.2, 0.25) is 10.0 Å². The van der Waals surface area contributed by atoms with Gasteiger partial charge in [-0.3, -0.25) is 9.69 Å². The van der Waals surface area contributed by atoms with E-state index in [4.69, 9.17) is 14.2 Å². The van der Waals surface area contributed by atoms with E-state index in [2.05, 4.69) is 0 Å². The first-order valence-electron chi connectivity index (χ1n) is 10.4. The van der Waals surface area contributed by atoms with Crippen LogP contribution in [-0.4, -0.2) is 69.2 Å². The molecule has 1 aliphatic carbocycles. The number of ether oxygens (including phenoxy) is 3. The molecule has 1 amide bonds. The minimum atomic E-state index is -3.74. The number of allylic oxidation sites excluding steroid dienone is 1. The average molecular weight is 449 g/mol. The van der Waals surface area contributed by atoms with Crippen LogP contribution in [0.3, 0.4) is 0 Å². The molecule has 1 spiro atoms. The van der Waals surface area contributed by atoms with Crippen molar-refractivity contribution in [2.24, 2.45) is 0 Å². The fraction of sp³-hybridized carbons (Fsp3) is 0.500. The van der Waals surface area contributed by atoms with E-state index in [-0.39, 0.29) is 32.1 Å². The number of likely N-dealkylation sites (N-methyl/N-ethyl adjacent to an activating group) is 1. The van der Waals surface area contributed by atoms with Crippen molar-refractivity contribution in [3.8, 4) is 0 Å². The molecule has 0 radical (unpaired) electrons. The van der Waals surface area contributed by atoms with E-state index in [0.29, 0.717) is 30.1 Å². The highest BCUT2D eigenvalue weighted by Crippen LogP contribution is 2.49. The smallest absolute Gasteiger partial charge is 0.297 e. The largest absolute Gasteiger partial charge is 0.383 e. The molecule has 1 aromatic carbocycles. The zero-order valence-corrected chi connectivity index (χ0v) is 18.9. The van der Waals surface area contributed by atoms with Crippen molar-refractivity contribution in [3.05, 3.63) is 53.8 Å². The number of para-hydroxylation sites is 1. The number of carbonyl (C=O) groups is 1. The van der Waals surface area contributed by atoms with E-state index in [1.165, 1.54) is 4.31 Å². The predicted molar refractivity (Wildman–Crippen MR) is 116 cm³/mol. The molecule has 2 heterocycles. The van der Waals surface area contributed by atoms with E-state index in [1.54, 1.807) is 31.9 Å². The number of hydrogen-bond donors (Lipinski definition) is 0. The van der Waals surface area contributed by atoms with Crippen molar-refractivity contribution in [1.29, 1.82) is 0 Å². The Hall–Kier alpha value is -2.04. The Morgan fingerprint density at radius 1 is 1.19 bits per heavy atom. The second-order valence-corrected chi connectivity index (χ2v) is 10.3. The van der Waals surface area contributed by atoms with Gasteiger partial charge < -0.3 is 14.2 Å². The van der Waals surface area contributed by atoms with Crippen LogP contribution in [0.1, 0.15) is 20.3 Å². The van der Waals surface area contributed by atoms with Crippen LogP contribution in [0, 0.1) is 0 Å². The van der Waals surface area contributed by atoms with Crippen molar-refractivity contribution in [1.82, 2.24) is 4.31 Å². The molecule has 2 aliphatic heterocycles. The summed E-state index contributed by atoms with van der Waals surface area (Å²) in [6.45, 7) is 4.89. The van der Waals surface area contributed by atoms with Crippen LogP contribution < -0.4 is 4.90 Å². The SMILES string of the molecule is CCN(CCOC)S(=O)(=O)C1(C)C=C2C(=CC1)N(c1ccccc1)C(=O)C21OCCO1. The summed E-state index contributed by atoms with van der Waals surface area (Å²) in [7, 11) is -2.20. The first-order valence-corrected chi connectivity index (χ1v) is 11.8. The van der Waals surface area contributed by atoms with Crippen molar-refractivity contribution in [2.45, 2.75) is 30.8 Å². The Morgan fingerprint density at radius 3 is 2.48 bits per heavy atom. The molecule has 1 atom stereocenters. The zero-order valence-electron chi connectivity index (χ0n) is 18.0. The first-order chi connectivity index (χ1) is 14.8. The minimum Gasteiger partial charge on any atom is -0.383 e. The molecular formula is C22H28N2O6S. The summed E-state index contributed by atoms with van der Waals surface area (Å²) >= 11 is 0. The van der Waals surface area contributed by atoms with Gasteiger partial charge in [-0.25, -0.2) is 8.42 Å². The van der Waals surface area contributed by atoms with Crippen molar-refractivity contribution in [2.75, 3.05) is 44.9 Å². The van der Waals surface area contributed by atoms with Crippen LogP contribution in [-0.2, 0) is 29.0 Å². The number of carbonyl (C=O) groups excluding carboxylic acids is 1. The summed E-state index contributed by atoms with van der Waals surface area (Å²) < 4.78 is 44.1. The lowest BCUT2D eigenvalue weighted by atomic mass is 9.92. The maximum Gasteiger partial charge on any atom is 0.297 e.